The molecule has 37 heavy (non-hydrogen) atoms. The molecule has 2 fully saturated rings. The first-order chi connectivity index (χ1) is 18.0. The molecule has 0 radical (unpaired) electrons. The molecule has 2 aliphatic heterocycles. The van der Waals surface area contributed by atoms with Gasteiger partial charge in [0.25, 0.3) is 5.56 Å². The third-order valence-electron chi connectivity index (χ3n) is 6.93. The molecule has 4 heterocycles. The molecule has 2 aliphatic rings. The number of amides is 1. The summed E-state index contributed by atoms with van der Waals surface area (Å²) in [5, 5.41) is 1.10. The van der Waals surface area contributed by atoms with E-state index in [9.17, 15) is 9.59 Å². The van der Waals surface area contributed by atoms with Gasteiger partial charge in [-0.05, 0) is 36.8 Å². The van der Waals surface area contributed by atoms with Crippen molar-refractivity contribution in [2.24, 2.45) is 0 Å². The van der Waals surface area contributed by atoms with Crippen molar-refractivity contribution in [3.8, 4) is 17.0 Å². The number of ether oxygens (including phenoxy) is 2. The molecule has 2 aromatic carbocycles. The summed E-state index contributed by atoms with van der Waals surface area (Å²) in [4.78, 5) is 40.7. The van der Waals surface area contributed by atoms with E-state index >= 15 is 0 Å². The summed E-state index contributed by atoms with van der Waals surface area (Å²) >= 11 is 6.02. The van der Waals surface area contributed by atoms with Crippen LogP contribution in [0.15, 0.2) is 59.8 Å². The molecular weight excluding hydrogens is 494 g/mol. The average molecular weight is 518 g/mol. The van der Waals surface area contributed by atoms with E-state index in [2.05, 4.69) is 9.97 Å². The lowest BCUT2D eigenvalue weighted by atomic mass is 10.0. The standard InChI is InChI=1S/C27H24ClN5O4/c1-16-31-23-11-21(24-13-29-7-8-30-24)25(37-20-6-9-32-19(10-20)15-36-27(32)35)12-22(23)26(34)33(16)14-17-2-4-18(28)5-3-17/h2-5,7-8,11-13,19-20H,6,9-10,14-15H2,1H3/t19-,20-/m0/s1. The Morgan fingerprint density at radius 3 is 2.78 bits per heavy atom. The quantitative estimate of drug-likeness (QED) is 0.390. The summed E-state index contributed by atoms with van der Waals surface area (Å²) in [5.74, 6) is 1.14. The summed E-state index contributed by atoms with van der Waals surface area (Å²) in [6.45, 7) is 3.13. The Bertz CT molecular complexity index is 1540. The predicted octanol–water partition coefficient (Wildman–Crippen LogP) is 4.23. The van der Waals surface area contributed by atoms with E-state index in [0.29, 0.717) is 71.3 Å². The molecule has 4 aromatic rings. The summed E-state index contributed by atoms with van der Waals surface area (Å²) in [5.41, 5.74) is 2.69. The molecular formula is C27H24ClN5O4. The van der Waals surface area contributed by atoms with Crippen LogP contribution in [0.3, 0.4) is 0 Å². The summed E-state index contributed by atoms with van der Waals surface area (Å²) in [6, 6.07) is 11.0. The average Bonchev–Trinajstić information content (AvgIpc) is 3.28. The molecule has 2 atom stereocenters. The number of rotatable bonds is 5. The Labute approximate surface area is 217 Å². The van der Waals surface area contributed by atoms with E-state index in [1.807, 2.05) is 25.1 Å². The minimum Gasteiger partial charge on any atom is -0.490 e. The van der Waals surface area contributed by atoms with Gasteiger partial charge < -0.3 is 14.4 Å². The van der Waals surface area contributed by atoms with Gasteiger partial charge in [-0.15, -0.1) is 0 Å². The Hall–Kier alpha value is -3.98. The van der Waals surface area contributed by atoms with Gasteiger partial charge in [-0.2, -0.15) is 0 Å². The number of cyclic esters (lactones) is 1. The van der Waals surface area contributed by atoms with Crippen molar-refractivity contribution in [2.45, 2.75) is 38.5 Å². The first-order valence-corrected chi connectivity index (χ1v) is 12.5. The zero-order chi connectivity index (χ0) is 25.5. The second-order valence-corrected chi connectivity index (χ2v) is 9.76. The zero-order valence-electron chi connectivity index (χ0n) is 20.1. The Balaban J connectivity index is 1.41. The van der Waals surface area contributed by atoms with Crippen LogP contribution in [0.1, 0.15) is 24.2 Å². The number of piperidine rings is 1. The van der Waals surface area contributed by atoms with E-state index in [4.69, 9.17) is 26.1 Å². The van der Waals surface area contributed by atoms with Gasteiger partial charge in [-0.3, -0.25) is 19.3 Å². The fourth-order valence-corrected chi connectivity index (χ4v) is 5.13. The van der Waals surface area contributed by atoms with Crippen molar-refractivity contribution in [2.75, 3.05) is 13.2 Å². The number of aromatic nitrogens is 4. The lowest BCUT2D eigenvalue weighted by Gasteiger charge is -2.33. The van der Waals surface area contributed by atoms with Gasteiger partial charge in [-0.1, -0.05) is 23.7 Å². The Morgan fingerprint density at radius 2 is 2.00 bits per heavy atom. The van der Waals surface area contributed by atoms with Crippen LogP contribution in [0.2, 0.25) is 5.02 Å². The van der Waals surface area contributed by atoms with Crippen molar-refractivity contribution in [1.29, 1.82) is 0 Å². The monoisotopic (exact) mass is 517 g/mol. The molecule has 0 bridgehead atoms. The SMILES string of the molecule is Cc1nc2cc(-c3cnccn3)c(O[C@H]3CCN4C(=O)OC[C@@H]4C3)cc2c(=O)n1Cc1ccc(Cl)cc1. The van der Waals surface area contributed by atoms with Gasteiger partial charge in [0.1, 0.15) is 24.3 Å². The topological polar surface area (TPSA) is 99.4 Å². The van der Waals surface area contributed by atoms with E-state index in [-0.39, 0.29) is 23.8 Å². The second kappa shape index (κ2) is 9.48. The van der Waals surface area contributed by atoms with E-state index in [1.54, 1.807) is 46.3 Å². The highest BCUT2D eigenvalue weighted by Gasteiger charge is 2.39. The number of benzene rings is 2. The van der Waals surface area contributed by atoms with Crippen molar-refractivity contribution in [3.05, 3.63) is 81.8 Å². The maximum atomic E-state index is 13.7. The first-order valence-electron chi connectivity index (χ1n) is 12.1. The van der Waals surface area contributed by atoms with Crippen molar-refractivity contribution in [1.82, 2.24) is 24.4 Å². The molecule has 9 nitrogen and oxygen atoms in total. The van der Waals surface area contributed by atoms with Gasteiger partial charge in [0.15, 0.2) is 0 Å². The van der Waals surface area contributed by atoms with E-state index in [1.165, 1.54) is 0 Å². The second-order valence-electron chi connectivity index (χ2n) is 9.32. The maximum Gasteiger partial charge on any atom is 0.410 e. The van der Waals surface area contributed by atoms with Crippen molar-refractivity contribution < 1.29 is 14.3 Å². The Kier molecular flexibility index (Phi) is 6.00. The van der Waals surface area contributed by atoms with Crippen LogP contribution >= 0.6 is 11.6 Å². The number of nitrogens with zero attached hydrogens (tertiary/aromatic N) is 5. The van der Waals surface area contributed by atoms with Gasteiger partial charge >= 0.3 is 6.09 Å². The van der Waals surface area contributed by atoms with E-state index < -0.39 is 0 Å². The third kappa shape index (κ3) is 4.51. The normalized spacial score (nSPS) is 19.1. The maximum absolute atomic E-state index is 13.7. The number of hydrogen-bond acceptors (Lipinski definition) is 7. The highest BCUT2D eigenvalue weighted by molar-refractivity contribution is 6.30. The van der Waals surface area contributed by atoms with Crippen LogP contribution in [0.5, 0.6) is 5.75 Å². The zero-order valence-corrected chi connectivity index (χ0v) is 20.9. The van der Waals surface area contributed by atoms with Gasteiger partial charge in [-0.25, -0.2) is 9.78 Å². The van der Waals surface area contributed by atoms with Crippen LogP contribution in [-0.4, -0.2) is 55.8 Å². The number of hydrogen-bond donors (Lipinski definition) is 0. The fourth-order valence-electron chi connectivity index (χ4n) is 5.00. The van der Waals surface area contributed by atoms with Crippen molar-refractivity contribution >= 4 is 28.6 Å². The summed E-state index contributed by atoms with van der Waals surface area (Å²) in [7, 11) is 0. The number of halogens is 1. The lowest BCUT2D eigenvalue weighted by molar-refractivity contribution is 0.0941. The van der Waals surface area contributed by atoms with Crippen LogP contribution < -0.4 is 10.3 Å². The van der Waals surface area contributed by atoms with Gasteiger partial charge in [0.05, 0.1) is 35.4 Å². The lowest BCUT2D eigenvalue weighted by Crippen LogP contribution is -2.44. The minimum atomic E-state index is -0.267. The highest BCUT2D eigenvalue weighted by Crippen LogP contribution is 2.35. The minimum absolute atomic E-state index is 0.00686. The molecule has 0 aliphatic carbocycles. The predicted molar refractivity (Wildman–Crippen MR) is 138 cm³/mol. The van der Waals surface area contributed by atoms with Crippen LogP contribution in [-0.2, 0) is 11.3 Å². The number of carbonyl (C=O) groups excluding carboxylic acids is 1. The Morgan fingerprint density at radius 1 is 1.16 bits per heavy atom. The highest BCUT2D eigenvalue weighted by atomic mass is 35.5. The number of carbonyl (C=O) groups is 1. The largest absolute Gasteiger partial charge is 0.490 e. The third-order valence-corrected chi connectivity index (χ3v) is 7.19. The molecule has 0 spiro atoms. The first kappa shape index (κ1) is 23.4. The molecule has 0 N–H and O–H groups in total. The molecule has 2 aromatic heterocycles. The molecule has 188 valence electrons. The van der Waals surface area contributed by atoms with Crippen molar-refractivity contribution in [3.63, 3.8) is 0 Å². The number of aryl methyl sites for hydroxylation is 1. The smallest absolute Gasteiger partial charge is 0.410 e. The molecule has 0 saturated carbocycles. The van der Waals surface area contributed by atoms with Crippen LogP contribution in [0.4, 0.5) is 4.79 Å². The van der Waals surface area contributed by atoms with Crippen LogP contribution in [0.25, 0.3) is 22.2 Å². The molecule has 2 saturated heterocycles. The van der Waals surface area contributed by atoms with Gasteiger partial charge in [0.2, 0.25) is 0 Å². The molecule has 1 amide bonds. The summed E-state index contributed by atoms with van der Waals surface area (Å²) < 4.78 is 13.3. The molecule has 6 rings (SSSR count). The van der Waals surface area contributed by atoms with Crippen LogP contribution in [0, 0.1) is 6.92 Å². The molecule has 0 unspecified atom stereocenters. The number of fused-ring (bicyclic) bond motifs is 2. The summed E-state index contributed by atoms with van der Waals surface area (Å²) in [6.07, 6.45) is 5.79. The van der Waals surface area contributed by atoms with Gasteiger partial charge in [0, 0.05) is 42.4 Å². The fraction of sp³-hybridized carbons (Fsp3) is 0.296. The molecule has 10 heteroatoms. The van der Waals surface area contributed by atoms with E-state index in [0.717, 1.165) is 5.56 Å².